The number of aromatic nitrogens is 1. The number of unbranched alkanes of at least 4 members (excludes halogenated alkanes) is 2. The molecule has 0 spiro atoms. The number of aryl methyl sites for hydroxylation is 1. The summed E-state index contributed by atoms with van der Waals surface area (Å²) >= 11 is 0. The summed E-state index contributed by atoms with van der Waals surface area (Å²) in [6.07, 6.45) is 4.26. The second-order valence-electron chi connectivity index (χ2n) is 12.1. The third-order valence-electron chi connectivity index (χ3n) is 8.83. The minimum absolute atomic E-state index is 0. The Morgan fingerprint density at radius 1 is 0.824 bits per heavy atom. The normalized spacial score (nSPS) is 11.8. The molecule has 2 N–H and O–H groups in total. The van der Waals surface area contributed by atoms with Gasteiger partial charge in [-0.2, -0.15) is 0 Å². The second kappa shape index (κ2) is 14.8. The summed E-state index contributed by atoms with van der Waals surface area (Å²) in [6.45, 7) is 2.16. The van der Waals surface area contributed by atoms with Crippen molar-refractivity contribution >= 4 is 44.0 Å². The molecule has 0 bridgehead atoms. The van der Waals surface area contributed by atoms with Crippen LogP contribution in [0, 0.1) is 0 Å². The Hall–Kier alpha value is -4.84. The van der Waals surface area contributed by atoms with E-state index in [1.807, 2.05) is 24.3 Å². The van der Waals surface area contributed by atoms with Crippen molar-refractivity contribution in [1.29, 1.82) is 0 Å². The maximum Gasteiger partial charge on any atom is 1.00 e. The molecule has 6 aromatic rings. The number of rotatable bonds is 11. The van der Waals surface area contributed by atoms with Gasteiger partial charge in [0.1, 0.15) is 15.9 Å². The van der Waals surface area contributed by atoms with E-state index in [1.54, 1.807) is 60.7 Å². The summed E-state index contributed by atoms with van der Waals surface area (Å²) in [4.78, 5) is 44.9. The molecule has 1 aliphatic carbocycles. The van der Waals surface area contributed by atoms with E-state index >= 15 is 0 Å². The van der Waals surface area contributed by atoms with Crippen molar-refractivity contribution in [1.82, 2.24) is 4.98 Å². The van der Waals surface area contributed by atoms with Crippen LogP contribution >= 0.6 is 0 Å². The number of fused-ring (bicyclic) bond motifs is 2. The molecule has 5 aromatic carbocycles. The summed E-state index contributed by atoms with van der Waals surface area (Å²) in [5, 5.41) is 3.52. The zero-order valence-electron chi connectivity index (χ0n) is 28.0. The fourth-order valence-corrected chi connectivity index (χ4v) is 6.88. The number of benzene rings is 5. The minimum Gasteiger partial charge on any atom is -0.744 e. The first-order valence-electron chi connectivity index (χ1n) is 16.2. The third kappa shape index (κ3) is 7.06. The molecule has 0 fully saturated rings. The van der Waals surface area contributed by atoms with Crippen LogP contribution in [0.25, 0.3) is 22.0 Å². The minimum atomic E-state index is -4.68. The van der Waals surface area contributed by atoms with Gasteiger partial charge in [0.05, 0.1) is 27.2 Å². The topological polar surface area (TPSA) is 145 Å². The molecule has 1 aromatic heterocycles. The smallest absolute Gasteiger partial charge is 0.744 e. The molecular formula is C40H31N2NaO7S. The molecular weight excluding hydrogens is 676 g/mol. The Kier molecular flexibility index (Phi) is 10.4. The number of aromatic amines is 1. The van der Waals surface area contributed by atoms with E-state index in [0.29, 0.717) is 39.1 Å². The molecule has 0 unspecified atom stereocenters. The van der Waals surface area contributed by atoms with Gasteiger partial charge in [0.15, 0.2) is 17.3 Å². The van der Waals surface area contributed by atoms with Crippen LogP contribution < -0.4 is 45.2 Å². The van der Waals surface area contributed by atoms with E-state index in [1.165, 1.54) is 24.3 Å². The Morgan fingerprint density at radius 3 is 2.16 bits per heavy atom. The Bertz CT molecular complexity index is 2460. The zero-order valence-corrected chi connectivity index (χ0v) is 30.8. The Morgan fingerprint density at radius 2 is 1.49 bits per heavy atom. The van der Waals surface area contributed by atoms with E-state index in [9.17, 15) is 27.4 Å². The van der Waals surface area contributed by atoms with E-state index in [-0.39, 0.29) is 63.4 Å². The van der Waals surface area contributed by atoms with Gasteiger partial charge in [0.25, 0.3) is 5.56 Å². The molecule has 1 aliphatic rings. The van der Waals surface area contributed by atoms with Crippen LogP contribution in [0.2, 0.25) is 0 Å². The van der Waals surface area contributed by atoms with Crippen LogP contribution in [0.3, 0.4) is 0 Å². The summed E-state index contributed by atoms with van der Waals surface area (Å²) in [7, 11) is -4.68. The van der Waals surface area contributed by atoms with E-state index in [2.05, 4.69) is 17.2 Å². The molecule has 1 heterocycles. The van der Waals surface area contributed by atoms with Crippen molar-refractivity contribution in [2.45, 2.75) is 37.5 Å². The number of carbonyl (C=O) groups is 2. The van der Waals surface area contributed by atoms with Crippen molar-refractivity contribution in [2.24, 2.45) is 0 Å². The van der Waals surface area contributed by atoms with Gasteiger partial charge in [-0.15, -0.1) is 0 Å². The van der Waals surface area contributed by atoms with Crippen LogP contribution in [0.4, 0.5) is 11.4 Å². The van der Waals surface area contributed by atoms with Gasteiger partial charge in [0, 0.05) is 33.8 Å². The first kappa shape index (κ1) is 36.0. The SMILES string of the molecule is CCCCCc1ccc(Oc2cc(Nc3ccc(S(=O)(=O)[O-])cc3)c3c4c(c(C(=O)c5ccccc5)c(=O)[nH]c24)-c2ccccc2C3=O)cc1.[Na+]. The van der Waals surface area contributed by atoms with E-state index < -0.39 is 26.4 Å². The number of hydrogen-bond donors (Lipinski definition) is 2. The third-order valence-corrected chi connectivity index (χ3v) is 9.68. The Balaban J connectivity index is 0.00000448. The molecule has 0 saturated heterocycles. The van der Waals surface area contributed by atoms with Crippen molar-refractivity contribution < 1.29 is 56.9 Å². The zero-order chi connectivity index (χ0) is 35.0. The fourth-order valence-electron chi connectivity index (χ4n) is 6.41. The van der Waals surface area contributed by atoms with Crippen molar-refractivity contribution in [2.75, 3.05) is 5.32 Å². The molecule has 0 saturated carbocycles. The quantitative estimate of drug-likeness (QED) is 0.0814. The fraction of sp³-hybridized carbons (Fsp3) is 0.125. The van der Waals surface area contributed by atoms with E-state index in [0.717, 1.165) is 31.2 Å². The largest absolute Gasteiger partial charge is 1.00 e. The summed E-state index contributed by atoms with van der Waals surface area (Å²) in [5.74, 6) is -0.155. The van der Waals surface area contributed by atoms with Gasteiger partial charge in [0.2, 0.25) is 0 Å². The van der Waals surface area contributed by atoms with Gasteiger partial charge >= 0.3 is 29.6 Å². The number of ether oxygens (including phenoxy) is 1. The van der Waals surface area contributed by atoms with Crippen molar-refractivity contribution in [3.05, 3.63) is 147 Å². The van der Waals surface area contributed by atoms with Gasteiger partial charge in [-0.05, 0) is 60.4 Å². The van der Waals surface area contributed by atoms with Gasteiger partial charge < -0.3 is 19.6 Å². The Labute approximate surface area is 316 Å². The standard InChI is InChI=1S/C40H32N2O7S.Na/c1-2-3-5-10-24-15-19-27(20-16-24)49-32-23-31(41-26-17-21-28(22-18-26)50(46,47)48)34-35-33(29-13-8-9-14-30(29)39(34)44)36(40(45)42-37(32)35)38(43)25-11-6-4-7-12-25;/h4,6-9,11-23,41H,2-3,5,10H2,1H3,(H,42,45)(H,46,47,48);/q;+1/p-1. The number of nitrogens with one attached hydrogen (secondary N) is 2. The summed E-state index contributed by atoms with van der Waals surface area (Å²) in [6, 6.07) is 29.7. The van der Waals surface area contributed by atoms with Crippen LogP contribution in [0.1, 0.15) is 63.6 Å². The number of H-pyrrole nitrogens is 1. The number of pyridine rings is 1. The number of hydrogen-bond acceptors (Lipinski definition) is 8. The van der Waals surface area contributed by atoms with Gasteiger partial charge in [-0.25, -0.2) is 8.42 Å². The molecule has 11 heteroatoms. The monoisotopic (exact) mass is 706 g/mol. The second-order valence-corrected chi connectivity index (χ2v) is 13.5. The van der Waals surface area contributed by atoms with Crippen molar-refractivity contribution in [3.8, 4) is 22.6 Å². The van der Waals surface area contributed by atoms with Gasteiger partial charge in [-0.3, -0.25) is 14.4 Å². The molecule has 250 valence electrons. The molecule has 0 aliphatic heterocycles. The molecule has 0 amide bonds. The van der Waals surface area contributed by atoms with Crippen LogP contribution in [0.15, 0.2) is 119 Å². The summed E-state index contributed by atoms with van der Waals surface area (Å²) < 4.78 is 41.2. The van der Waals surface area contributed by atoms with Crippen LogP contribution in [0.5, 0.6) is 11.5 Å². The maximum atomic E-state index is 14.4. The first-order valence-corrected chi connectivity index (χ1v) is 17.7. The molecule has 0 radical (unpaired) electrons. The van der Waals surface area contributed by atoms with E-state index in [4.69, 9.17) is 4.74 Å². The molecule has 51 heavy (non-hydrogen) atoms. The number of anilines is 2. The molecule has 9 nitrogen and oxygen atoms in total. The number of ketones is 2. The predicted molar refractivity (Wildman–Crippen MR) is 191 cm³/mol. The maximum absolute atomic E-state index is 14.4. The van der Waals surface area contributed by atoms with Crippen LogP contribution in [-0.4, -0.2) is 29.5 Å². The predicted octanol–water partition coefficient (Wildman–Crippen LogP) is 5.15. The molecule has 0 atom stereocenters. The van der Waals surface area contributed by atoms with Crippen molar-refractivity contribution in [3.63, 3.8) is 0 Å². The van der Waals surface area contributed by atoms with Gasteiger partial charge in [-0.1, -0.05) is 86.5 Å². The first-order chi connectivity index (χ1) is 24.1. The number of carbonyl (C=O) groups excluding carboxylic acids is 2. The summed E-state index contributed by atoms with van der Waals surface area (Å²) in [5.41, 5.74) is 2.84. The molecule has 7 rings (SSSR count). The average Bonchev–Trinajstić information content (AvgIpc) is 3.12. The average molecular weight is 707 g/mol. The van der Waals surface area contributed by atoms with Crippen LogP contribution in [-0.2, 0) is 16.5 Å².